The van der Waals surface area contributed by atoms with Crippen molar-refractivity contribution in [2.75, 3.05) is 13.2 Å². The minimum Gasteiger partial charge on any atom is -0.372 e. The lowest BCUT2D eigenvalue weighted by Gasteiger charge is -2.20. The van der Waals surface area contributed by atoms with Crippen LogP contribution >= 0.6 is 11.3 Å². The maximum Gasteiger partial charge on any atom is 0.411 e. The van der Waals surface area contributed by atoms with Crippen molar-refractivity contribution in [1.82, 2.24) is 10.3 Å². The van der Waals surface area contributed by atoms with Crippen LogP contribution in [-0.2, 0) is 24.1 Å². The molecule has 1 N–H and O–H groups in total. The summed E-state index contributed by atoms with van der Waals surface area (Å²) in [5.41, 5.74) is 1.04. The Morgan fingerprint density at radius 3 is 2.43 bits per heavy atom. The highest BCUT2D eigenvalue weighted by Gasteiger charge is 2.27. The van der Waals surface area contributed by atoms with Gasteiger partial charge in [-0.1, -0.05) is 6.92 Å². The number of aryl methyl sites for hydroxylation is 1. The van der Waals surface area contributed by atoms with E-state index >= 15 is 0 Å². The maximum atomic E-state index is 12.0. The zero-order chi connectivity index (χ0) is 16.1. The number of thiazole rings is 1. The lowest BCUT2D eigenvalue weighted by molar-refractivity contribution is -0.173. The predicted molar refractivity (Wildman–Crippen MR) is 78.7 cm³/mol. The number of nitrogens with one attached hydrogen (secondary N) is 1. The van der Waals surface area contributed by atoms with Crippen LogP contribution in [0.3, 0.4) is 0 Å². The van der Waals surface area contributed by atoms with E-state index in [0.29, 0.717) is 6.42 Å². The Hall–Kier alpha value is -0.660. The fourth-order valence-electron chi connectivity index (χ4n) is 1.65. The van der Waals surface area contributed by atoms with Gasteiger partial charge in [0.05, 0.1) is 17.3 Å². The van der Waals surface area contributed by atoms with Crippen LogP contribution in [0, 0.1) is 0 Å². The molecule has 0 aliphatic heterocycles. The quantitative estimate of drug-likeness (QED) is 0.776. The number of ether oxygens (including phenoxy) is 1. The van der Waals surface area contributed by atoms with Crippen LogP contribution in [0.15, 0.2) is 0 Å². The van der Waals surface area contributed by atoms with Gasteiger partial charge in [0.25, 0.3) is 0 Å². The third kappa shape index (κ3) is 7.78. The number of alkyl halides is 3. The fraction of sp³-hybridized carbons (Fsp3) is 0.786. The molecular formula is C14H23F3N2OS. The standard InChI is InChI=1S/C14H23F3N2OS/c1-5-10-11(8-18-13(2,3)4)21-12(19-10)6-7-20-9-14(15,16)17/h18H,5-9H2,1-4H3. The molecule has 0 saturated heterocycles. The summed E-state index contributed by atoms with van der Waals surface area (Å²) in [7, 11) is 0. The van der Waals surface area contributed by atoms with E-state index in [4.69, 9.17) is 0 Å². The molecule has 21 heavy (non-hydrogen) atoms. The van der Waals surface area contributed by atoms with Crippen LogP contribution in [0.25, 0.3) is 0 Å². The molecular weight excluding hydrogens is 301 g/mol. The van der Waals surface area contributed by atoms with Gasteiger partial charge in [0.15, 0.2) is 0 Å². The third-order valence-corrected chi connectivity index (χ3v) is 3.82. The molecule has 3 nitrogen and oxygen atoms in total. The average Bonchev–Trinajstić information content (AvgIpc) is 2.72. The number of rotatable bonds is 7. The summed E-state index contributed by atoms with van der Waals surface area (Å²) in [5, 5.41) is 4.24. The van der Waals surface area contributed by atoms with Crippen molar-refractivity contribution in [3.8, 4) is 0 Å². The van der Waals surface area contributed by atoms with E-state index in [0.717, 1.165) is 28.5 Å². The van der Waals surface area contributed by atoms with Crippen molar-refractivity contribution in [2.24, 2.45) is 0 Å². The summed E-state index contributed by atoms with van der Waals surface area (Å²) in [4.78, 5) is 5.63. The smallest absolute Gasteiger partial charge is 0.372 e. The summed E-state index contributed by atoms with van der Waals surface area (Å²) in [5.74, 6) is 0. The van der Waals surface area contributed by atoms with Crippen molar-refractivity contribution in [3.05, 3.63) is 15.6 Å². The second kappa shape index (κ2) is 7.56. The lowest BCUT2D eigenvalue weighted by atomic mass is 10.1. The molecule has 1 rings (SSSR count). The van der Waals surface area contributed by atoms with Gasteiger partial charge in [0.1, 0.15) is 6.61 Å². The zero-order valence-electron chi connectivity index (χ0n) is 12.9. The summed E-state index contributed by atoms with van der Waals surface area (Å²) in [6.07, 6.45) is -3.02. The first kappa shape index (κ1) is 18.4. The summed E-state index contributed by atoms with van der Waals surface area (Å²) < 4.78 is 40.5. The predicted octanol–water partition coefficient (Wildman–Crippen LogP) is 3.72. The van der Waals surface area contributed by atoms with Crippen molar-refractivity contribution < 1.29 is 17.9 Å². The van der Waals surface area contributed by atoms with Gasteiger partial charge in [-0.25, -0.2) is 4.98 Å². The summed E-state index contributed by atoms with van der Waals surface area (Å²) in [6.45, 7) is 7.87. The zero-order valence-corrected chi connectivity index (χ0v) is 13.7. The molecule has 0 atom stereocenters. The second-order valence-corrected chi connectivity index (χ2v) is 7.02. The molecule has 7 heteroatoms. The van der Waals surface area contributed by atoms with Gasteiger partial charge in [-0.3, -0.25) is 0 Å². The highest BCUT2D eigenvalue weighted by Crippen LogP contribution is 2.21. The van der Waals surface area contributed by atoms with Gasteiger partial charge in [-0.2, -0.15) is 13.2 Å². The SMILES string of the molecule is CCc1nc(CCOCC(F)(F)F)sc1CNC(C)(C)C. The Balaban J connectivity index is 2.51. The Bertz CT molecular complexity index is 438. The maximum absolute atomic E-state index is 12.0. The molecule has 0 aliphatic rings. The van der Waals surface area contributed by atoms with Gasteiger partial charge >= 0.3 is 6.18 Å². The molecule has 0 aliphatic carbocycles. The molecule has 0 amide bonds. The monoisotopic (exact) mass is 324 g/mol. The van der Waals surface area contributed by atoms with E-state index in [2.05, 4.69) is 35.8 Å². The first-order valence-electron chi connectivity index (χ1n) is 6.97. The molecule has 1 heterocycles. The Morgan fingerprint density at radius 1 is 1.24 bits per heavy atom. The topological polar surface area (TPSA) is 34.1 Å². The highest BCUT2D eigenvalue weighted by atomic mass is 32.1. The van der Waals surface area contributed by atoms with Crippen LogP contribution in [0.5, 0.6) is 0 Å². The van der Waals surface area contributed by atoms with E-state index in [1.807, 2.05) is 6.92 Å². The van der Waals surface area contributed by atoms with Crippen molar-refractivity contribution in [1.29, 1.82) is 0 Å². The van der Waals surface area contributed by atoms with Gasteiger partial charge in [-0.15, -0.1) is 11.3 Å². The minimum absolute atomic E-state index is 0.0188. The van der Waals surface area contributed by atoms with E-state index in [1.165, 1.54) is 0 Å². The first-order valence-corrected chi connectivity index (χ1v) is 7.79. The molecule has 1 aromatic heterocycles. The van der Waals surface area contributed by atoms with Gasteiger partial charge in [0, 0.05) is 23.4 Å². The Morgan fingerprint density at radius 2 is 1.90 bits per heavy atom. The molecule has 0 bridgehead atoms. The molecule has 0 saturated carbocycles. The average molecular weight is 324 g/mol. The summed E-state index contributed by atoms with van der Waals surface area (Å²) in [6, 6.07) is 0. The fourth-order valence-corrected chi connectivity index (χ4v) is 2.73. The van der Waals surface area contributed by atoms with Gasteiger partial charge in [-0.05, 0) is 27.2 Å². The molecule has 0 spiro atoms. The normalized spacial score (nSPS) is 12.9. The van der Waals surface area contributed by atoms with Crippen molar-refractivity contribution in [3.63, 3.8) is 0 Å². The van der Waals surface area contributed by atoms with E-state index < -0.39 is 12.8 Å². The third-order valence-electron chi connectivity index (χ3n) is 2.66. The molecule has 0 fully saturated rings. The summed E-state index contributed by atoms with van der Waals surface area (Å²) >= 11 is 1.55. The van der Waals surface area contributed by atoms with Crippen molar-refractivity contribution >= 4 is 11.3 Å². The Labute approximate surface area is 127 Å². The van der Waals surface area contributed by atoms with Crippen LogP contribution in [0.2, 0.25) is 0 Å². The molecule has 122 valence electrons. The van der Waals surface area contributed by atoms with Crippen LogP contribution in [-0.4, -0.2) is 29.9 Å². The van der Waals surface area contributed by atoms with Gasteiger partial charge in [0.2, 0.25) is 0 Å². The second-order valence-electron chi connectivity index (χ2n) is 5.85. The molecule has 0 aromatic carbocycles. The molecule has 1 aromatic rings. The van der Waals surface area contributed by atoms with Crippen LogP contribution in [0.4, 0.5) is 13.2 Å². The lowest BCUT2D eigenvalue weighted by Crippen LogP contribution is -2.35. The number of halogens is 3. The molecule has 0 unspecified atom stereocenters. The number of nitrogens with zero attached hydrogens (tertiary/aromatic N) is 1. The molecule has 0 radical (unpaired) electrons. The van der Waals surface area contributed by atoms with Crippen molar-refractivity contribution in [2.45, 2.75) is 58.8 Å². The van der Waals surface area contributed by atoms with Gasteiger partial charge < -0.3 is 10.1 Å². The van der Waals surface area contributed by atoms with E-state index in [1.54, 1.807) is 11.3 Å². The largest absolute Gasteiger partial charge is 0.411 e. The first-order chi connectivity index (χ1) is 9.61. The number of hydrogen-bond donors (Lipinski definition) is 1. The highest BCUT2D eigenvalue weighted by molar-refractivity contribution is 7.11. The minimum atomic E-state index is -4.26. The van der Waals surface area contributed by atoms with Crippen LogP contribution in [0.1, 0.15) is 43.3 Å². The number of hydrogen-bond acceptors (Lipinski definition) is 4. The van der Waals surface area contributed by atoms with E-state index in [-0.39, 0.29) is 12.1 Å². The van der Waals surface area contributed by atoms with Crippen LogP contribution < -0.4 is 5.32 Å². The number of aromatic nitrogens is 1. The Kier molecular flexibility index (Phi) is 6.62. The van der Waals surface area contributed by atoms with E-state index in [9.17, 15) is 13.2 Å².